The van der Waals surface area contributed by atoms with Crippen LogP contribution in [0.3, 0.4) is 0 Å². The second-order valence-corrected chi connectivity index (χ2v) is 9.86. The summed E-state index contributed by atoms with van der Waals surface area (Å²) in [4.78, 5) is 19.3. The zero-order valence-electron chi connectivity index (χ0n) is 18.9. The minimum Gasteiger partial charge on any atom is -0.497 e. The molecular formula is C25H25N5O2S2. The zero-order valence-corrected chi connectivity index (χ0v) is 20.5. The van der Waals surface area contributed by atoms with Gasteiger partial charge in [-0.3, -0.25) is 9.36 Å². The third-order valence-corrected chi connectivity index (χ3v) is 7.69. The highest BCUT2D eigenvalue weighted by atomic mass is 32.2. The van der Waals surface area contributed by atoms with E-state index >= 15 is 0 Å². The molecule has 1 aliphatic rings. The maximum atomic E-state index is 12.8. The Labute approximate surface area is 206 Å². The molecule has 7 nitrogen and oxygen atoms in total. The van der Waals surface area contributed by atoms with Gasteiger partial charge in [-0.1, -0.05) is 42.1 Å². The molecule has 1 fully saturated rings. The number of carbonyl (C=O) groups is 1. The van der Waals surface area contributed by atoms with Crippen LogP contribution in [-0.2, 0) is 5.75 Å². The molecular weight excluding hydrogens is 466 g/mol. The third kappa shape index (κ3) is 4.85. The van der Waals surface area contributed by atoms with Gasteiger partial charge in [0.15, 0.2) is 11.0 Å². The monoisotopic (exact) mass is 491 g/mol. The van der Waals surface area contributed by atoms with Crippen LogP contribution in [0.4, 0.5) is 0 Å². The van der Waals surface area contributed by atoms with Crippen molar-refractivity contribution in [2.45, 2.75) is 30.2 Å². The largest absolute Gasteiger partial charge is 0.497 e. The number of likely N-dealkylation sites (tertiary alicyclic amines) is 1. The highest BCUT2D eigenvalue weighted by molar-refractivity contribution is 7.98. The Bertz CT molecular complexity index is 1270. The van der Waals surface area contributed by atoms with E-state index in [1.807, 2.05) is 69.4 Å². The van der Waals surface area contributed by atoms with Crippen molar-refractivity contribution in [1.29, 1.82) is 0 Å². The van der Waals surface area contributed by atoms with Crippen LogP contribution in [0.25, 0.3) is 17.1 Å². The van der Waals surface area contributed by atoms with Crippen molar-refractivity contribution in [3.8, 4) is 22.8 Å². The van der Waals surface area contributed by atoms with Crippen LogP contribution < -0.4 is 4.74 Å². The molecule has 0 bridgehead atoms. The summed E-state index contributed by atoms with van der Waals surface area (Å²) >= 11 is 3.08. The lowest BCUT2D eigenvalue weighted by molar-refractivity contribution is 0.0719. The number of carbonyl (C=O) groups excluding carboxylic acids is 1. The molecule has 1 saturated heterocycles. The van der Waals surface area contributed by atoms with Gasteiger partial charge in [-0.05, 0) is 43.5 Å². The van der Waals surface area contributed by atoms with Gasteiger partial charge in [0, 0.05) is 29.7 Å². The Morgan fingerprint density at radius 3 is 2.68 bits per heavy atom. The number of thioether (sulfide) groups is 1. The molecule has 0 atom stereocenters. The van der Waals surface area contributed by atoms with Gasteiger partial charge in [0.2, 0.25) is 0 Å². The Kier molecular flexibility index (Phi) is 6.92. The van der Waals surface area contributed by atoms with E-state index in [0.717, 1.165) is 58.9 Å². The van der Waals surface area contributed by atoms with Gasteiger partial charge in [-0.2, -0.15) is 0 Å². The number of rotatable bonds is 7. The van der Waals surface area contributed by atoms with E-state index in [1.54, 1.807) is 18.9 Å². The van der Waals surface area contributed by atoms with Crippen molar-refractivity contribution in [2.75, 3.05) is 20.2 Å². The summed E-state index contributed by atoms with van der Waals surface area (Å²) < 4.78 is 7.45. The molecule has 0 unspecified atom stereocenters. The van der Waals surface area contributed by atoms with E-state index in [9.17, 15) is 4.79 Å². The molecule has 0 aliphatic carbocycles. The van der Waals surface area contributed by atoms with E-state index in [1.165, 1.54) is 17.8 Å². The van der Waals surface area contributed by atoms with E-state index in [0.29, 0.717) is 11.4 Å². The number of nitrogens with zero attached hydrogens (tertiary/aromatic N) is 5. The van der Waals surface area contributed by atoms with E-state index < -0.39 is 0 Å². The van der Waals surface area contributed by atoms with E-state index in [4.69, 9.17) is 4.74 Å². The van der Waals surface area contributed by atoms with E-state index in [-0.39, 0.29) is 5.91 Å². The van der Waals surface area contributed by atoms with Crippen molar-refractivity contribution < 1.29 is 9.53 Å². The average Bonchev–Trinajstić information content (AvgIpc) is 3.55. The Balaban J connectivity index is 1.39. The number of amides is 1. The van der Waals surface area contributed by atoms with Gasteiger partial charge in [-0.15, -0.1) is 21.5 Å². The highest BCUT2D eigenvalue weighted by Gasteiger charge is 2.21. The van der Waals surface area contributed by atoms with Crippen LogP contribution in [0.15, 0.2) is 65.1 Å². The number of para-hydroxylation sites is 1. The number of ether oxygens (including phenoxy) is 1. The van der Waals surface area contributed by atoms with Crippen molar-refractivity contribution >= 4 is 29.0 Å². The molecule has 2 aromatic heterocycles. The zero-order chi connectivity index (χ0) is 23.3. The standard InChI is InChI=1S/C25H25N5O2S2/c1-32-20-12-8-9-18(15-20)23-27-28-25(30(23)19-10-4-2-5-11-19)34-17-22-26-21(16-33-22)24(31)29-13-6-3-7-14-29/h2,4-5,8-12,15-16H,3,6-7,13-14,17H2,1H3. The fourth-order valence-electron chi connectivity index (χ4n) is 3.98. The summed E-state index contributed by atoms with van der Waals surface area (Å²) in [5.74, 6) is 2.16. The molecule has 1 amide bonds. The second-order valence-electron chi connectivity index (χ2n) is 7.98. The number of benzene rings is 2. The summed E-state index contributed by atoms with van der Waals surface area (Å²) in [5, 5.41) is 12.5. The van der Waals surface area contributed by atoms with Crippen LogP contribution in [0.5, 0.6) is 5.75 Å². The molecule has 9 heteroatoms. The maximum Gasteiger partial charge on any atom is 0.273 e. The van der Waals surface area contributed by atoms with Crippen molar-refractivity contribution in [3.05, 3.63) is 70.7 Å². The Hall–Kier alpha value is -3.17. The predicted molar refractivity (Wildman–Crippen MR) is 135 cm³/mol. The minimum absolute atomic E-state index is 0.0416. The molecule has 0 radical (unpaired) electrons. The lowest BCUT2D eigenvalue weighted by atomic mass is 10.1. The summed E-state index contributed by atoms with van der Waals surface area (Å²) in [7, 11) is 1.65. The van der Waals surface area contributed by atoms with Gasteiger partial charge in [0.25, 0.3) is 5.91 Å². The number of hydrogen-bond acceptors (Lipinski definition) is 7. The summed E-state index contributed by atoms with van der Waals surface area (Å²) in [6.07, 6.45) is 3.34. The van der Waals surface area contributed by atoms with Crippen LogP contribution >= 0.6 is 23.1 Å². The SMILES string of the molecule is COc1cccc(-c2nnc(SCc3nc(C(=O)N4CCCCC4)cs3)n2-c2ccccc2)c1. The molecule has 174 valence electrons. The number of aromatic nitrogens is 4. The maximum absolute atomic E-state index is 12.8. The van der Waals surface area contributed by atoms with Crippen molar-refractivity contribution in [3.63, 3.8) is 0 Å². The van der Waals surface area contributed by atoms with Crippen molar-refractivity contribution in [1.82, 2.24) is 24.6 Å². The van der Waals surface area contributed by atoms with Gasteiger partial charge in [0.1, 0.15) is 16.5 Å². The first-order valence-corrected chi connectivity index (χ1v) is 13.1. The molecule has 4 aromatic rings. The number of thiazole rings is 1. The summed E-state index contributed by atoms with van der Waals surface area (Å²) in [5.41, 5.74) is 2.45. The number of piperidine rings is 1. The molecule has 34 heavy (non-hydrogen) atoms. The predicted octanol–water partition coefficient (Wildman–Crippen LogP) is 5.32. The Morgan fingerprint density at radius 1 is 1.06 bits per heavy atom. The van der Waals surface area contributed by atoms with Crippen molar-refractivity contribution in [2.24, 2.45) is 0 Å². The van der Waals surface area contributed by atoms with Gasteiger partial charge in [0.05, 0.1) is 12.9 Å². The average molecular weight is 492 g/mol. The summed E-state index contributed by atoms with van der Waals surface area (Å²) in [6, 6.07) is 17.9. The smallest absolute Gasteiger partial charge is 0.273 e. The molecule has 0 saturated carbocycles. The fourth-order valence-corrected chi connectivity index (χ4v) is 5.72. The summed E-state index contributed by atoms with van der Waals surface area (Å²) in [6.45, 7) is 1.65. The first-order chi connectivity index (χ1) is 16.7. The lowest BCUT2D eigenvalue weighted by Gasteiger charge is -2.25. The van der Waals surface area contributed by atoms with Crippen LogP contribution in [0.1, 0.15) is 34.8 Å². The molecule has 5 rings (SSSR count). The molecule has 2 aromatic carbocycles. The fraction of sp³-hybridized carbons (Fsp3) is 0.280. The second kappa shape index (κ2) is 10.4. The van der Waals surface area contributed by atoms with Gasteiger partial charge < -0.3 is 9.64 Å². The first-order valence-electron chi connectivity index (χ1n) is 11.2. The van der Waals surface area contributed by atoms with Crippen LogP contribution in [0, 0.1) is 0 Å². The molecule has 0 spiro atoms. The van der Waals surface area contributed by atoms with Crippen LogP contribution in [0.2, 0.25) is 0 Å². The normalized spacial score (nSPS) is 13.7. The van der Waals surface area contributed by atoms with E-state index in [2.05, 4.69) is 15.2 Å². The van der Waals surface area contributed by atoms with Crippen LogP contribution in [-0.4, -0.2) is 50.8 Å². The lowest BCUT2D eigenvalue weighted by Crippen LogP contribution is -2.35. The minimum atomic E-state index is 0.0416. The first kappa shape index (κ1) is 22.6. The number of methoxy groups -OCH3 is 1. The topological polar surface area (TPSA) is 73.1 Å². The van der Waals surface area contributed by atoms with Gasteiger partial charge in [-0.25, -0.2) is 4.98 Å². The quantitative estimate of drug-likeness (QED) is 0.326. The highest BCUT2D eigenvalue weighted by Crippen LogP contribution is 2.31. The molecule has 1 aliphatic heterocycles. The van der Waals surface area contributed by atoms with Gasteiger partial charge >= 0.3 is 0 Å². The molecule has 3 heterocycles. The number of hydrogen-bond donors (Lipinski definition) is 0. The molecule has 0 N–H and O–H groups in total. The third-order valence-electron chi connectivity index (χ3n) is 5.71. The Morgan fingerprint density at radius 2 is 1.88 bits per heavy atom.